The largest absolute Gasteiger partial charge is 0.492 e. The molecule has 0 aromatic heterocycles. The molecular weight excluding hydrogens is 400 g/mol. The van der Waals surface area contributed by atoms with E-state index < -0.39 is 0 Å². The highest BCUT2D eigenvalue weighted by atomic mass is 79.9. The molecule has 4 nitrogen and oxygen atoms in total. The van der Waals surface area contributed by atoms with Crippen molar-refractivity contribution >= 4 is 44.9 Å². The van der Waals surface area contributed by atoms with E-state index >= 15 is 0 Å². The third-order valence-corrected chi connectivity index (χ3v) is 4.95. The lowest BCUT2D eigenvalue weighted by molar-refractivity contribution is 0.0977. The molecule has 0 spiro atoms. The summed E-state index contributed by atoms with van der Waals surface area (Å²) in [6.07, 6.45) is 1.86. The Morgan fingerprint density at radius 2 is 2.12 bits per heavy atom. The zero-order valence-corrected chi connectivity index (χ0v) is 16.3. The molecule has 0 unspecified atom stereocenters. The smallest absolute Gasteiger partial charge is 0.257 e. The number of carbonyl (C=O) groups excluding carboxylic acids is 1. The molecule has 0 aliphatic carbocycles. The molecule has 1 heterocycles. The van der Waals surface area contributed by atoms with Gasteiger partial charge in [0, 0.05) is 17.8 Å². The highest BCUT2D eigenvalue weighted by Gasteiger charge is 2.23. The molecule has 1 aliphatic rings. The first kappa shape index (κ1) is 17.9. The number of fused-ring (bicyclic) bond motifs is 1. The van der Waals surface area contributed by atoms with Crippen molar-refractivity contribution in [2.45, 2.75) is 19.8 Å². The maximum absolute atomic E-state index is 12.5. The number of thiocarbonyl (C=S) groups is 1. The first-order chi connectivity index (χ1) is 12.1. The van der Waals surface area contributed by atoms with Crippen LogP contribution in [0.25, 0.3) is 0 Å². The van der Waals surface area contributed by atoms with Crippen molar-refractivity contribution < 1.29 is 9.53 Å². The summed E-state index contributed by atoms with van der Waals surface area (Å²) in [5, 5.41) is 3.25. The van der Waals surface area contributed by atoms with Gasteiger partial charge < -0.3 is 9.64 Å². The first-order valence-corrected chi connectivity index (χ1v) is 9.43. The number of nitrogens with one attached hydrogen (secondary N) is 1. The predicted octanol–water partition coefficient (Wildman–Crippen LogP) is 4.32. The second-order valence-electron chi connectivity index (χ2n) is 5.78. The monoisotopic (exact) mass is 418 g/mol. The van der Waals surface area contributed by atoms with Crippen LogP contribution in [0.5, 0.6) is 5.75 Å². The van der Waals surface area contributed by atoms with Gasteiger partial charge in [0.25, 0.3) is 5.91 Å². The summed E-state index contributed by atoms with van der Waals surface area (Å²) < 4.78 is 6.37. The van der Waals surface area contributed by atoms with Gasteiger partial charge >= 0.3 is 0 Å². The molecule has 2 aromatic rings. The van der Waals surface area contributed by atoms with E-state index in [4.69, 9.17) is 17.0 Å². The normalized spacial score (nSPS) is 12.6. The van der Waals surface area contributed by atoms with E-state index in [0.717, 1.165) is 35.3 Å². The van der Waals surface area contributed by atoms with Crippen LogP contribution in [-0.2, 0) is 6.42 Å². The van der Waals surface area contributed by atoms with Gasteiger partial charge in [-0.05, 0) is 70.8 Å². The van der Waals surface area contributed by atoms with Crippen LogP contribution < -0.4 is 15.0 Å². The second kappa shape index (κ2) is 7.97. The van der Waals surface area contributed by atoms with Crippen molar-refractivity contribution in [2.24, 2.45) is 0 Å². The average molecular weight is 419 g/mol. The molecule has 2 aromatic carbocycles. The van der Waals surface area contributed by atoms with Gasteiger partial charge in [0.2, 0.25) is 0 Å². The van der Waals surface area contributed by atoms with Crippen LogP contribution >= 0.6 is 28.1 Å². The molecule has 6 heteroatoms. The maximum Gasteiger partial charge on any atom is 0.257 e. The summed E-state index contributed by atoms with van der Waals surface area (Å²) in [6.45, 7) is 3.47. The Labute approximate surface area is 161 Å². The maximum atomic E-state index is 12.5. The van der Waals surface area contributed by atoms with Crippen molar-refractivity contribution in [1.82, 2.24) is 5.32 Å². The van der Waals surface area contributed by atoms with Crippen molar-refractivity contribution in [3.8, 4) is 5.75 Å². The van der Waals surface area contributed by atoms with Gasteiger partial charge in [-0.15, -0.1) is 0 Å². The molecule has 0 bridgehead atoms. The van der Waals surface area contributed by atoms with Crippen LogP contribution in [0, 0.1) is 0 Å². The number of hydrogen-bond donors (Lipinski definition) is 1. The van der Waals surface area contributed by atoms with Crippen molar-refractivity contribution in [3.05, 3.63) is 58.1 Å². The molecule has 1 amide bonds. The Bertz CT molecular complexity index is 810. The number of anilines is 1. The van der Waals surface area contributed by atoms with Gasteiger partial charge in [0.15, 0.2) is 5.11 Å². The van der Waals surface area contributed by atoms with Crippen molar-refractivity contribution in [3.63, 3.8) is 0 Å². The Kier molecular flexibility index (Phi) is 5.71. The number of para-hydroxylation sites is 1. The standard InChI is InChI=1S/C19H19BrN2O2S/c1-2-11-24-17-8-7-14(12-15(17)20)18(23)21-19(25)22-10-9-13-5-3-4-6-16(13)22/h3-8,12H,2,9-11H2,1H3,(H,21,23,25). The second-order valence-corrected chi connectivity index (χ2v) is 7.02. The number of benzene rings is 2. The molecule has 130 valence electrons. The minimum absolute atomic E-state index is 0.225. The van der Waals surface area contributed by atoms with Crippen LogP contribution in [0.4, 0.5) is 5.69 Å². The molecule has 1 aliphatic heterocycles. The van der Waals surface area contributed by atoms with E-state index in [9.17, 15) is 4.79 Å². The van der Waals surface area contributed by atoms with E-state index in [0.29, 0.717) is 17.3 Å². The van der Waals surface area contributed by atoms with E-state index in [1.807, 2.05) is 30.0 Å². The van der Waals surface area contributed by atoms with E-state index in [1.54, 1.807) is 18.2 Å². The molecule has 25 heavy (non-hydrogen) atoms. The molecule has 3 rings (SSSR count). The number of rotatable bonds is 4. The molecule has 0 saturated heterocycles. The Morgan fingerprint density at radius 3 is 2.88 bits per heavy atom. The number of halogens is 1. The lowest BCUT2D eigenvalue weighted by Crippen LogP contribution is -2.41. The zero-order valence-electron chi connectivity index (χ0n) is 13.9. The third-order valence-electron chi connectivity index (χ3n) is 4.01. The molecular formula is C19H19BrN2O2S. The first-order valence-electron chi connectivity index (χ1n) is 8.23. The summed E-state index contributed by atoms with van der Waals surface area (Å²) in [5.41, 5.74) is 2.85. The minimum atomic E-state index is -0.225. The quantitative estimate of drug-likeness (QED) is 0.750. The van der Waals surface area contributed by atoms with Crippen LogP contribution in [0.15, 0.2) is 46.9 Å². The SMILES string of the molecule is CCCOc1ccc(C(=O)NC(=S)N2CCc3ccccc32)cc1Br. The highest BCUT2D eigenvalue weighted by Crippen LogP contribution is 2.28. The summed E-state index contributed by atoms with van der Waals surface area (Å²) in [4.78, 5) is 14.5. The summed E-state index contributed by atoms with van der Waals surface area (Å²) in [6, 6.07) is 13.4. The van der Waals surface area contributed by atoms with Gasteiger partial charge in [-0.2, -0.15) is 0 Å². The van der Waals surface area contributed by atoms with Crippen molar-refractivity contribution in [2.75, 3.05) is 18.1 Å². The number of ether oxygens (including phenoxy) is 1. The van der Waals surface area contributed by atoms with E-state index in [2.05, 4.69) is 27.3 Å². The van der Waals surface area contributed by atoms with Gasteiger partial charge in [-0.25, -0.2) is 0 Å². The molecule has 0 radical (unpaired) electrons. The van der Waals surface area contributed by atoms with Crippen LogP contribution in [0.1, 0.15) is 29.3 Å². The van der Waals surface area contributed by atoms with Gasteiger partial charge in [-0.3, -0.25) is 10.1 Å². The third kappa shape index (κ3) is 4.02. The van der Waals surface area contributed by atoms with Gasteiger partial charge in [0.05, 0.1) is 11.1 Å². The Balaban J connectivity index is 1.68. The van der Waals surface area contributed by atoms with Crippen LogP contribution in [0.3, 0.4) is 0 Å². The van der Waals surface area contributed by atoms with Crippen LogP contribution in [0.2, 0.25) is 0 Å². The summed E-state index contributed by atoms with van der Waals surface area (Å²) in [7, 11) is 0. The fourth-order valence-electron chi connectivity index (χ4n) is 2.76. The number of hydrogen-bond acceptors (Lipinski definition) is 3. The zero-order chi connectivity index (χ0) is 17.8. The summed E-state index contributed by atoms with van der Waals surface area (Å²) >= 11 is 8.89. The van der Waals surface area contributed by atoms with E-state index in [-0.39, 0.29) is 5.91 Å². The fourth-order valence-corrected chi connectivity index (χ4v) is 3.53. The Morgan fingerprint density at radius 1 is 1.32 bits per heavy atom. The van der Waals surface area contributed by atoms with Gasteiger partial charge in [0.1, 0.15) is 5.75 Å². The van der Waals surface area contributed by atoms with Crippen molar-refractivity contribution in [1.29, 1.82) is 0 Å². The molecule has 0 atom stereocenters. The van der Waals surface area contributed by atoms with Crippen LogP contribution in [-0.4, -0.2) is 24.2 Å². The molecule has 1 N–H and O–H groups in total. The highest BCUT2D eigenvalue weighted by molar-refractivity contribution is 9.10. The van der Waals surface area contributed by atoms with E-state index in [1.165, 1.54) is 5.56 Å². The Hall–Kier alpha value is -1.92. The summed E-state index contributed by atoms with van der Waals surface area (Å²) in [5.74, 6) is 0.506. The van der Waals surface area contributed by atoms with Gasteiger partial charge in [-0.1, -0.05) is 25.1 Å². The fraction of sp³-hybridized carbons (Fsp3) is 0.263. The number of carbonyl (C=O) groups is 1. The number of amides is 1. The number of nitrogens with zero attached hydrogens (tertiary/aromatic N) is 1. The molecule has 0 saturated carbocycles. The minimum Gasteiger partial charge on any atom is -0.492 e. The average Bonchev–Trinajstić information content (AvgIpc) is 3.04. The lowest BCUT2D eigenvalue weighted by atomic mass is 10.2. The molecule has 0 fully saturated rings. The lowest BCUT2D eigenvalue weighted by Gasteiger charge is -2.20. The topological polar surface area (TPSA) is 41.6 Å². The predicted molar refractivity (Wildman–Crippen MR) is 107 cm³/mol.